The number of benzene rings is 2. The fraction of sp³-hybridized carbons (Fsp3) is 0.143. The molecule has 0 bridgehead atoms. The topological polar surface area (TPSA) is 62.1 Å². The monoisotopic (exact) mass is 406 g/mol. The van der Waals surface area contributed by atoms with Gasteiger partial charge in [0.15, 0.2) is 0 Å². The van der Waals surface area contributed by atoms with E-state index in [-0.39, 0.29) is 5.69 Å². The molecular weight excluding hydrogens is 393 g/mol. The van der Waals surface area contributed by atoms with Crippen LogP contribution in [0.25, 0.3) is 4.85 Å². The second kappa shape index (κ2) is 7.05. The molecule has 0 saturated heterocycles. The molecule has 2 aromatic carbocycles. The van der Waals surface area contributed by atoms with E-state index in [1.807, 2.05) is 6.07 Å². The Hall–Kier alpha value is -4.11. The molecule has 4 rings (SSSR count). The summed E-state index contributed by atoms with van der Waals surface area (Å²) < 4.78 is 41.2. The molecule has 148 valence electrons. The van der Waals surface area contributed by atoms with Crippen molar-refractivity contribution in [3.63, 3.8) is 0 Å². The summed E-state index contributed by atoms with van der Waals surface area (Å²) in [6, 6.07) is 13.0. The van der Waals surface area contributed by atoms with Crippen molar-refractivity contribution in [1.29, 1.82) is 5.26 Å². The van der Waals surface area contributed by atoms with Gasteiger partial charge in [-0.05, 0) is 42.8 Å². The van der Waals surface area contributed by atoms with Crippen LogP contribution in [-0.2, 0) is 6.18 Å². The minimum Gasteiger partial charge on any atom is -0.294 e. The highest BCUT2D eigenvalue weighted by Crippen LogP contribution is 2.43. The largest absolute Gasteiger partial charge is 0.416 e. The average Bonchev–Trinajstić information content (AvgIpc) is 3.21. The van der Waals surface area contributed by atoms with Crippen molar-refractivity contribution in [2.75, 3.05) is 4.90 Å². The van der Waals surface area contributed by atoms with E-state index < -0.39 is 17.8 Å². The molecule has 1 atom stereocenters. The van der Waals surface area contributed by atoms with Gasteiger partial charge in [-0.1, -0.05) is 18.2 Å². The molecule has 1 aliphatic heterocycles. The molecule has 6 nitrogen and oxygen atoms in total. The van der Waals surface area contributed by atoms with Crippen LogP contribution in [0.1, 0.15) is 29.7 Å². The van der Waals surface area contributed by atoms with Gasteiger partial charge < -0.3 is 0 Å². The molecule has 0 fully saturated rings. The third kappa shape index (κ3) is 3.07. The van der Waals surface area contributed by atoms with Crippen molar-refractivity contribution >= 4 is 11.6 Å². The number of nitriles is 1. The molecule has 1 aliphatic rings. The van der Waals surface area contributed by atoms with Crippen molar-refractivity contribution in [3.05, 3.63) is 94.4 Å². The van der Waals surface area contributed by atoms with Crippen LogP contribution >= 0.6 is 0 Å². The first-order valence-electron chi connectivity index (χ1n) is 8.80. The van der Waals surface area contributed by atoms with E-state index in [0.717, 1.165) is 17.7 Å². The number of hydrogen-bond donors (Lipinski definition) is 0. The molecule has 0 amide bonds. The first kappa shape index (κ1) is 19.2. The lowest BCUT2D eigenvalue weighted by Gasteiger charge is -2.34. The molecule has 9 heteroatoms. The molecule has 0 unspecified atom stereocenters. The number of hydrogen-bond acceptors (Lipinski definition) is 4. The molecule has 0 radical (unpaired) electrons. The minimum absolute atomic E-state index is 0.232. The van der Waals surface area contributed by atoms with Crippen molar-refractivity contribution in [1.82, 2.24) is 14.8 Å². The van der Waals surface area contributed by atoms with Crippen molar-refractivity contribution in [3.8, 4) is 6.07 Å². The van der Waals surface area contributed by atoms with Crippen LogP contribution in [0.5, 0.6) is 0 Å². The molecule has 30 heavy (non-hydrogen) atoms. The van der Waals surface area contributed by atoms with Gasteiger partial charge in [-0.3, -0.25) is 4.90 Å². The third-order valence-electron chi connectivity index (χ3n) is 4.87. The number of allylic oxidation sites excluding steroid dienone is 2. The Morgan fingerprint density at radius 2 is 1.90 bits per heavy atom. The van der Waals surface area contributed by atoms with Crippen LogP contribution in [0, 0.1) is 17.9 Å². The van der Waals surface area contributed by atoms with Gasteiger partial charge in [0.1, 0.15) is 12.4 Å². The van der Waals surface area contributed by atoms with Gasteiger partial charge in [-0.25, -0.2) is 9.53 Å². The zero-order chi connectivity index (χ0) is 21.5. The number of anilines is 2. The molecule has 2 heterocycles. The molecule has 0 saturated carbocycles. The standard InChI is InChI=1S/C21H13F3N6/c1-13-18(26-2)19(15-8-6-14(11-25)7-9-15)30-20(27-12-28-30)29(13)17-5-3-4-16(10-17)21(22,23)24/h3-10,12,19H,1H3/t19-/m1/s1. The van der Waals surface area contributed by atoms with Crippen molar-refractivity contribution in [2.24, 2.45) is 0 Å². The third-order valence-corrected chi connectivity index (χ3v) is 4.87. The van der Waals surface area contributed by atoms with Gasteiger partial charge in [0, 0.05) is 11.4 Å². The van der Waals surface area contributed by atoms with E-state index in [2.05, 4.69) is 14.9 Å². The SMILES string of the molecule is [C-]#[N+]C1=C(C)N(c2cccc(C(F)(F)F)c2)c2ncnn2[C@@H]1c1ccc(C#N)cc1. The lowest BCUT2D eigenvalue weighted by molar-refractivity contribution is -0.137. The molecule has 1 aromatic heterocycles. The Bertz CT molecular complexity index is 1230. The Kier molecular flexibility index (Phi) is 4.52. The van der Waals surface area contributed by atoms with E-state index in [0.29, 0.717) is 22.9 Å². The fourth-order valence-electron chi connectivity index (χ4n) is 3.48. The second-order valence-electron chi connectivity index (χ2n) is 6.61. The van der Waals surface area contributed by atoms with Gasteiger partial charge in [-0.2, -0.15) is 28.5 Å². The quantitative estimate of drug-likeness (QED) is 0.558. The van der Waals surface area contributed by atoms with Crippen molar-refractivity contribution in [2.45, 2.75) is 19.1 Å². The first-order valence-corrected chi connectivity index (χ1v) is 8.80. The van der Waals surface area contributed by atoms with E-state index in [4.69, 9.17) is 11.8 Å². The number of rotatable bonds is 2. The summed E-state index contributed by atoms with van der Waals surface area (Å²) in [5, 5.41) is 13.3. The lowest BCUT2D eigenvalue weighted by atomic mass is 9.99. The van der Waals surface area contributed by atoms with Gasteiger partial charge in [0.2, 0.25) is 11.6 Å². The normalized spacial score (nSPS) is 16.1. The minimum atomic E-state index is -4.50. The van der Waals surface area contributed by atoms with E-state index >= 15 is 0 Å². The summed E-state index contributed by atoms with van der Waals surface area (Å²) >= 11 is 0. The number of nitrogens with zero attached hydrogens (tertiary/aromatic N) is 6. The maximum Gasteiger partial charge on any atom is 0.416 e. The predicted molar refractivity (Wildman–Crippen MR) is 102 cm³/mol. The summed E-state index contributed by atoms with van der Waals surface area (Å²) in [6.07, 6.45) is -3.20. The van der Waals surface area contributed by atoms with Gasteiger partial charge in [0.25, 0.3) is 0 Å². The maximum atomic E-state index is 13.2. The Balaban J connectivity index is 1.89. The highest BCUT2D eigenvalue weighted by atomic mass is 19.4. The number of halogens is 3. The van der Waals surface area contributed by atoms with E-state index in [1.165, 1.54) is 28.0 Å². The number of aromatic nitrogens is 3. The highest BCUT2D eigenvalue weighted by Gasteiger charge is 2.36. The summed E-state index contributed by atoms with van der Waals surface area (Å²) in [5.74, 6) is 0.300. The zero-order valence-corrected chi connectivity index (χ0v) is 15.6. The highest BCUT2D eigenvalue weighted by molar-refractivity contribution is 5.67. The second-order valence-corrected chi connectivity index (χ2v) is 6.61. The maximum absolute atomic E-state index is 13.2. The van der Waals surface area contributed by atoms with Crippen LogP contribution in [0.2, 0.25) is 0 Å². The van der Waals surface area contributed by atoms with Gasteiger partial charge in [0.05, 0.1) is 23.8 Å². The van der Waals surface area contributed by atoms with Crippen molar-refractivity contribution < 1.29 is 13.2 Å². The molecule has 3 aromatic rings. The first-order chi connectivity index (χ1) is 14.3. The molecular formula is C21H13F3N6. The molecule has 0 aliphatic carbocycles. The average molecular weight is 406 g/mol. The zero-order valence-electron chi connectivity index (χ0n) is 15.6. The Morgan fingerprint density at radius 3 is 2.53 bits per heavy atom. The van der Waals surface area contributed by atoms with Crippen LogP contribution in [0.4, 0.5) is 24.8 Å². The van der Waals surface area contributed by atoms with Crippen LogP contribution in [0.15, 0.2) is 66.3 Å². The molecule has 0 spiro atoms. The smallest absolute Gasteiger partial charge is 0.294 e. The van der Waals surface area contributed by atoms with Crippen LogP contribution in [-0.4, -0.2) is 14.8 Å². The van der Waals surface area contributed by atoms with E-state index in [9.17, 15) is 13.2 Å². The van der Waals surface area contributed by atoms with Crippen LogP contribution < -0.4 is 4.90 Å². The Morgan fingerprint density at radius 1 is 1.17 bits per heavy atom. The van der Waals surface area contributed by atoms with Gasteiger partial charge >= 0.3 is 6.18 Å². The number of alkyl halides is 3. The lowest BCUT2D eigenvalue weighted by Crippen LogP contribution is -2.30. The predicted octanol–water partition coefficient (Wildman–Crippen LogP) is 5.06. The van der Waals surface area contributed by atoms with E-state index in [1.54, 1.807) is 31.2 Å². The fourth-order valence-corrected chi connectivity index (χ4v) is 3.48. The van der Waals surface area contributed by atoms with Gasteiger partial charge in [-0.15, -0.1) is 0 Å². The molecule has 0 N–H and O–H groups in total. The summed E-state index contributed by atoms with van der Waals surface area (Å²) in [6.45, 7) is 9.39. The number of fused-ring (bicyclic) bond motifs is 1. The summed E-state index contributed by atoms with van der Waals surface area (Å²) in [5.41, 5.74) is 1.39. The summed E-state index contributed by atoms with van der Waals surface area (Å²) in [4.78, 5) is 9.40. The van der Waals surface area contributed by atoms with Crippen LogP contribution in [0.3, 0.4) is 0 Å². The Labute approximate surface area is 169 Å². The summed E-state index contributed by atoms with van der Waals surface area (Å²) in [7, 11) is 0.